The van der Waals surface area contributed by atoms with E-state index in [1.165, 1.54) is 25.7 Å². The Morgan fingerprint density at radius 1 is 0.571 bits per heavy atom. The topological polar surface area (TPSA) is 89.5 Å². The molecule has 0 amide bonds. The number of carbonyl (C=O) groups excluding carboxylic acids is 2. The molecule has 268 valence electrons. The summed E-state index contributed by atoms with van der Waals surface area (Å²) in [6.45, 7) is 10.3. The van der Waals surface area contributed by atoms with Gasteiger partial charge in [-0.1, -0.05) is 109 Å². The number of hydrogen-bond donors (Lipinski definition) is 0. The van der Waals surface area contributed by atoms with Gasteiger partial charge < -0.3 is 28.4 Å². The van der Waals surface area contributed by atoms with Crippen molar-refractivity contribution < 1.29 is 38.0 Å². The first-order chi connectivity index (χ1) is 24.0. The Hall–Kier alpha value is -3.88. The van der Waals surface area contributed by atoms with Gasteiger partial charge in [-0.2, -0.15) is 0 Å². The predicted octanol–water partition coefficient (Wildman–Crippen LogP) is 9.62. The van der Waals surface area contributed by atoms with Crippen molar-refractivity contribution >= 4 is 11.9 Å². The van der Waals surface area contributed by atoms with Gasteiger partial charge >= 0.3 is 11.9 Å². The zero-order valence-corrected chi connectivity index (χ0v) is 29.9. The molecule has 3 rings (SSSR count). The van der Waals surface area contributed by atoms with Gasteiger partial charge in [0.1, 0.15) is 24.7 Å². The third-order valence-electron chi connectivity index (χ3n) is 8.44. The maximum Gasteiger partial charge on any atom is 0.338 e. The fourth-order valence-electron chi connectivity index (χ4n) is 5.25. The second kappa shape index (κ2) is 23.5. The minimum atomic E-state index is -0.731. The molecule has 0 spiro atoms. The normalized spacial score (nSPS) is 12.9. The lowest BCUT2D eigenvalue weighted by atomic mass is 10.0. The number of unbranched alkanes of at least 4 members (excludes halogenated alkanes) is 2. The van der Waals surface area contributed by atoms with Gasteiger partial charge in [0.2, 0.25) is 0 Å². The van der Waals surface area contributed by atoms with Crippen molar-refractivity contribution in [3.05, 3.63) is 95.6 Å². The molecule has 0 radical (unpaired) electrons. The van der Waals surface area contributed by atoms with Gasteiger partial charge in [0.15, 0.2) is 6.29 Å². The molecule has 0 heterocycles. The summed E-state index contributed by atoms with van der Waals surface area (Å²) in [5.74, 6) is 1.40. The van der Waals surface area contributed by atoms with Gasteiger partial charge in [-0.05, 0) is 61.1 Å². The van der Waals surface area contributed by atoms with Crippen molar-refractivity contribution in [3.63, 3.8) is 0 Å². The van der Waals surface area contributed by atoms with Crippen LogP contribution in [0.4, 0.5) is 0 Å². The molecule has 8 nitrogen and oxygen atoms in total. The molecule has 3 aromatic carbocycles. The number of benzene rings is 3. The molecular weight excluding hydrogens is 620 g/mol. The van der Waals surface area contributed by atoms with E-state index < -0.39 is 18.2 Å². The Morgan fingerprint density at radius 3 is 1.47 bits per heavy atom. The quantitative estimate of drug-likeness (QED) is 0.0498. The van der Waals surface area contributed by atoms with E-state index in [1.54, 1.807) is 36.4 Å². The van der Waals surface area contributed by atoms with Gasteiger partial charge in [-0.3, -0.25) is 0 Å². The maximum absolute atomic E-state index is 12.8. The van der Waals surface area contributed by atoms with E-state index in [9.17, 15) is 9.59 Å². The van der Waals surface area contributed by atoms with Crippen molar-refractivity contribution in [2.75, 3.05) is 39.6 Å². The monoisotopic (exact) mass is 676 g/mol. The summed E-state index contributed by atoms with van der Waals surface area (Å²) in [6.07, 6.45) is 8.36. The summed E-state index contributed by atoms with van der Waals surface area (Å²) in [5.41, 5.74) is 1.64. The third kappa shape index (κ3) is 15.0. The standard InChI is InChI=1S/C41H56O8/c1-5-9-16-32(7-3)30-48-37-22-14-20-35(28-37)39(42)44-24-26-46-41(34-18-12-11-13-19-34)47-27-25-45-40(43)36-21-15-23-38(29-36)49-31-33(8-4)17-10-6-2/h11-15,18-23,28-29,32-33,41H,5-10,16-17,24-27,30-31H2,1-4H3. The van der Waals surface area contributed by atoms with Crippen LogP contribution in [0.2, 0.25) is 0 Å². The third-order valence-corrected chi connectivity index (χ3v) is 8.44. The summed E-state index contributed by atoms with van der Waals surface area (Å²) in [5, 5.41) is 0. The SMILES string of the molecule is CCCCC(CC)COc1cccc(C(=O)OCCOC(OCCOC(=O)c2cccc(OCC(CC)CCCC)c2)c2ccccc2)c1. The smallest absolute Gasteiger partial charge is 0.338 e. The lowest BCUT2D eigenvalue weighted by Gasteiger charge is -2.19. The number of rotatable bonds is 25. The predicted molar refractivity (Wildman–Crippen MR) is 192 cm³/mol. The molecule has 0 fully saturated rings. The van der Waals surface area contributed by atoms with Crippen molar-refractivity contribution in [2.45, 2.75) is 85.4 Å². The Morgan fingerprint density at radius 2 is 1.04 bits per heavy atom. The molecule has 0 saturated heterocycles. The Bertz CT molecular complexity index is 1260. The molecule has 8 heteroatoms. The fourth-order valence-corrected chi connectivity index (χ4v) is 5.25. The number of esters is 2. The highest BCUT2D eigenvalue weighted by Crippen LogP contribution is 2.22. The van der Waals surface area contributed by atoms with Crippen LogP contribution < -0.4 is 9.47 Å². The number of ether oxygens (including phenoxy) is 6. The maximum atomic E-state index is 12.8. The van der Waals surface area contributed by atoms with Crippen molar-refractivity contribution in [1.82, 2.24) is 0 Å². The molecule has 3 aromatic rings. The van der Waals surface area contributed by atoms with E-state index in [0.29, 0.717) is 47.7 Å². The average Bonchev–Trinajstić information content (AvgIpc) is 3.14. The molecule has 0 saturated carbocycles. The highest BCUT2D eigenvalue weighted by Gasteiger charge is 2.16. The largest absolute Gasteiger partial charge is 0.493 e. The van der Waals surface area contributed by atoms with E-state index in [-0.39, 0.29) is 26.4 Å². The van der Waals surface area contributed by atoms with E-state index in [0.717, 1.165) is 31.2 Å². The van der Waals surface area contributed by atoms with Crippen molar-refractivity contribution in [3.8, 4) is 11.5 Å². The Balaban J connectivity index is 1.43. The minimum Gasteiger partial charge on any atom is -0.493 e. The fraction of sp³-hybridized carbons (Fsp3) is 0.512. The molecule has 0 bridgehead atoms. The second-order valence-corrected chi connectivity index (χ2v) is 12.3. The first-order valence-corrected chi connectivity index (χ1v) is 18.0. The van der Waals surface area contributed by atoms with Gasteiger partial charge in [0, 0.05) is 5.56 Å². The van der Waals surface area contributed by atoms with Crippen LogP contribution in [0.3, 0.4) is 0 Å². The average molecular weight is 677 g/mol. The van der Waals surface area contributed by atoms with E-state index in [4.69, 9.17) is 28.4 Å². The van der Waals surface area contributed by atoms with Crippen LogP contribution >= 0.6 is 0 Å². The Kier molecular flexibility index (Phi) is 18.9. The summed E-state index contributed by atoms with van der Waals surface area (Å²) in [7, 11) is 0. The lowest BCUT2D eigenvalue weighted by molar-refractivity contribution is -0.157. The van der Waals surface area contributed by atoms with Crippen LogP contribution in [-0.4, -0.2) is 51.6 Å². The van der Waals surface area contributed by atoms with Crippen LogP contribution in [0.25, 0.3) is 0 Å². The Labute approximate surface area is 293 Å². The highest BCUT2D eigenvalue weighted by molar-refractivity contribution is 5.90. The van der Waals surface area contributed by atoms with Gasteiger partial charge in [-0.15, -0.1) is 0 Å². The summed E-state index contributed by atoms with van der Waals surface area (Å²) in [6, 6.07) is 23.6. The van der Waals surface area contributed by atoms with Crippen LogP contribution in [0, 0.1) is 11.8 Å². The molecule has 2 unspecified atom stereocenters. The van der Waals surface area contributed by atoms with E-state index >= 15 is 0 Å². The van der Waals surface area contributed by atoms with Crippen LogP contribution in [0.1, 0.15) is 112 Å². The van der Waals surface area contributed by atoms with Crippen molar-refractivity contribution in [2.24, 2.45) is 11.8 Å². The van der Waals surface area contributed by atoms with Gasteiger partial charge in [0.25, 0.3) is 0 Å². The molecular formula is C41H56O8. The minimum absolute atomic E-state index is 0.0382. The lowest BCUT2D eigenvalue weighted by Crippen LogP contribution is -2.18. The molecule has 0 aliphatic heterocycles. The molecule has 0 aliphatic rings. The number of hydrogen-bond acceptors (Lipinski definition) is 8. The summed E-state index contributed by atoms with van der Waals surface area (Å²) < 4.78 is 34.9. The first kappa shape index (κ1) is 39.6. The molecule has 0 N–H and O–H groups in total. The summed E-state index contributed by atoms with van der Waals surface area (Å²) in [4.78, 5) is 25.5. The molecule has 2 atom stereocenters. The van der Waals surface area contributed by atoms with Crippen molar-refractivity contribution in [1.29, 1.82) is 0 Å². The zero-order valence-electron chi connectivity index (χ0n) is 29.9. The first-order valence-electron chi connectivity index (χ1n) is 18.0. The van der Waals surface area contributed by atoms with E-state index in [1.807, 2.05) is 42.5 Å². The summed E-state index contributed by atoms with van der Waals surface area (Å²) >= 11 is 0. The molecule has 0 aromatic heterocycles. The zero-order chi connectivity index (χ0) is 35.1. The van der Waals surface area contributed by atoms with Gasteiger partial charge in [0.05, 0.1) is 37.6 Å². The molecule has 0 aliphatic carbocycles. The van der Waals surface area contributed by atoms with Gasteiger partial charge in [-0.25, -0.2) is 9.59 Å². The number of carbonyl (C=O) groups is 2. The molecule has 49 heavy (non-hydrogen) atoms. The second-order valence-electron chi connectivity index (χ2n) is 12.3. The van der Waals surface area contributed by atoms with Crippen LogP contribution in [0.15, 0.2) is 78.9 Å². The van der Waals surface area contributed by atoms with Crippen LogP contribution in [-0.2, 0) is 18.9 Å². The van der Waals surface area contributed by atoms with E-state index in [2.05, 4.69) is 27.7 Å². The highest BCUT2D eigenvalue weighted by atomic mass is 16.7. The van der Waals surface area contributed by atoms with Crippen LogP contribution in [0.5, 0.6) is 11.5 Å².